The first-order chi connectivity index (χ1) is 12.2. The summed E-state index contributed by atoms with van der Waals surface area (Å²) in [6.45, 7) is 6.72. The molecule has 0 radical (unpaired) electrons. The van der Waals surface area contributed by atoms with Gasteiger partial charge < -0.3 is 9.88 Å². The van der Waals surface area contributed by atoms with Crippen molar-refractivity contribution in [2.75, 3.05) is 5.75 Å². The summed E-state index contributed by atoms with van der Waals surface area (Å²) in [4.78, 5) is 12.4. The van der Waals surface area contributed by atoms with Crippen molar-refractivity contribution in [3.63, 3.8) is 0 Å². The van der Waals surface area contributed by atoms with Crippen LogP contribution in [0.25, 0.3) is 0 Å². The minimum Gasteiger partial charge on any atom is -0.353 e. The second-order valence-corrected chi connectivity index (χ2v) is 8.94. The van der Waals surface area contributed by atoms with Crippen LogP contribution in [0.15, 0.2) is 17.8 Å². The number of aromatic nitrogens is 3. The quantitative estimate of drug-likeness (QED) is 0.570. The molecule has 3 aliphatic carbocycles. The van der Waals surface area contributed by atoms with Crippen LogP contribution in [0.1, 0.15) is 57.2 Å². The molecule has 0 aliphatic heterocycles. The topological polar surface area (TPSA) is 59.8 Å². The maximum atomic E-state index is 12.4. The van der Waals surface area contributed by atoms with E-state index in [9.17, 15) is 4.79 Å². The van der Waals surface area contributed by atoms with Gasteiger partial charge in [-0.15, -0.1) is 16.8 Å². The van der Waals surface area contributed by atoms with Gasteiger partial charge in [0.25, 0.3) is 0 Å². The minimum atomic E-state index is 0.112. The molecular formula is C19H28N4OS. The first-order valence-corrected chi connectivity index (χ1v) is 10.6. The zero-order chi connectivity index (χ0) is 17.4. The summed E-state index contributed by atoms with van der Waals surface area (Å²) in [6.07, 6.45) is 9.71. The lowest BCUT2D eigenvalue weighted by Gasteiger charge is -2.28. The van der Waals surface area contributed by atoms with Crippen LogP contribution in [0.3, 0.4) is 0 Å². The molecular weight excluding hydrogens is 332 g/mol. The van der Waals surface area contributed by atoms with Crippen molar-refractivity contribution in [3.05, 3.63) is 18.5 Å². The smallest absolute Gasteiger partial charge is 0.230 e. The van der Waals surface area contributed by atoms with Gasteiger partial charge in [-0.1, -0.05) is 24.3 Å². The Morgan fingerprint density at radius 1 is 1.36 bits per heavy atom. The molecule has 0 aromatic carbocycles. The predicted molar refractivity (Wildman–Crippen MR) is 99.5 cm³/mol. The zero-order valence-electron chi connectivity index (χ0n) is 15.0. The van der Waals surface area contributed by atoms with Crippen molar-refractivity contribution in [2.45, 2.75) is 69.1 Å². The third-order valence-corrected chi connectivity index (χ3v) is 7.12. The summed E-state index contributed by atoms with van der Waals surface area (Å²) in [5, 5.41) is 12.7. The fourth-order valence-corrected chi connectivity index (χ4v) is 5.56. The van der Waals surface area contributed by atoms with Gasteiger partial charge in [-0.05, 0) is 56.8 Å². The lowest BCUT2D eigenvalue weighted by Crippen LogP contribution is -2.40. The zero-order valence-corrected chi connectivity index (χ0v) is 15.8. The van der Waals surface area contributed by atoms with Crippen LogP contribution in [0.4, 0.5) is 0 Å². The molecule has 1 aromatic heterocycles. The molecule has 1 amide bonds. The summed E-state index contributed by atoms with van der Waals surface area (Å²) in [7, 11) is 0. The summed E-state index contributed by atoms with van der Waals surface area (Å²) >= 11 is 1.49. The molecule has 1 aromatic rings. The number of hydrogen-bond donors (Lipinski definition) is 1. The monoisotopic (exact) mass is 360 g/mol. The summed E-state index contributed by atoms with van der Waals surface area (Å²) in [5.74, 6) is 4.56. The van der Waals surface area contributed by atoms with Gasteiger partial charge in [-0.2, -0.15) is 0 Å². The Labute approximate surface area is 154 Å². The van der Waals surface area contributed by atoms with Crippen molar-refractivity contribution in [1.82, 2.24) is 20.1 Å². The minimum absolute atomic E-state index is 0.112. The molecule has 4 rings (SSSR count). The Morgan fingerprint density at radius 2 is 2.20 bits per heavy atom. The molecule has 5 nitrogen and oxygen atoms in total. The maximum absolute atomic E-state index is 12.4. The van der Waals surface area contributed by atoms with Crippen molar-refractivity contribution >= 4 is 17.7 Å². The van der Waals surface area contributed by atoms with Gasteiger partial charge in [0.2, 0.25) is 5.91 Å². The molecule has 2 bridgehead atoms. The normalized spacial score (nSPS) is 28.9. The van der Waals surface area contributed by atoms with Gasteiger partial charge in [0.1, 0.15) is 5.82 Å². The van der Waals surface area contributed by atoms with Crippen LogP contribution in [0, 0.1) is 17.8 Å². The SMILES string of the molecule is C=CCn1c(SCC(=O)N[C@@H](C)[C@@H]2C[C@H]3CC[C@H]2C3)nnc1C1CC1. The molecule has 136 valence electrons. The largest absolute Gasteiger partial charge is 0.353 e. The number of hydrogen-bond acceptors (Lipinski definition) is 4. The summed E-state index contributed by atoms with van der Waals surface area (Å²) < 4.78 is 2.11. The van der Waals surface area contributed by atoms with Crippen LogP contribution >= 0.6 is 11.8 Å². The van der Waals surface area contributed by atoms with E-state index in [4.69, 9.17) is 0 Å². The van der Waals surface area contributed by atoms with E-state index in [1.54, 1.807) is 0 Å². The van der Waals surface area contributed by atoms with E-state index in [0.717, 1.165) is 22.8 Å². The summed E-state index contributed by atoms with van der Waals surface area (Å²) in [6, 6.07) is 0.288. The average molecular weight is 361 g/mol. The second-order valence-electron chi connectivity index (χ2n) is 8.00. The third-order valence-electron chi connectivity index (χ3n) is 6.16. The molecule has 0 spiro atoms. The molecule has 4 atom stereocenters. The highest BCUT2D eigenvalue weighted by molar-refractivity contribution is 7.99. The Balaban J connectivity index is 1.30. The standard InChI is InChI=1S/C19H28N4OS/c1-3-8-23-18(14-6-7-14)21-22-19(23)25-11-17(24)20-12(2)16-10-13-4-5-15(16)9-13/h3,12-16H,1,4-11H2,2H3,(H,20,24)/t12-,13-,15-,16-/m0/s1. The number of nitrogens with zero attached hydrogens (tertiary/aromatic N) is 3. The number of carbonyl (C=O) groups is 1. The lowest BCUT2D eigenvalue weighted by molar-refractivity contribution is -0.119. The third kappa shape index (κ3) is 3.64. The van der Waals surface area contributed by atoms with Crippen molar-refractivity contribution < 1.29 is 4.79 Å². The van der Waals surface area contributed by atoms with E-state index < -0.39 is 0 Å². The van der Waals surface area contributed by atoms with E-state index >= 15 is 0 Å². The second kappa shape index (κ2) is 7.14. The van der Waals surface area contributed by atoms with E-state index in [0.29, 0.717) is 24.1 Å². The van der Waals surface area contributed by atoms with Gasteiger partial charge in [0.15, 0.2) is 5.16 Å². The molecule has 0 unspecified atom stereocenters. The van der Waals surface area contributed by atoms with Crippen molar-refractivity contribution in [3.8, 4) is 0 Å². The van der Waals surface area contributed by atoms with Gasteiger partial charge in [-0.25, -0.2) is 0 Å². The fraction of sp³-hybridized carbons (Fsp3) is 0.737. The summed E-state index contributed by atoms with van der Waals surface area (Å²) in [5.41, 5.74) is 0. The Morgan fingerprint density at radius 3 is 2.84 bits per heavy atom. The maximum Gasteiger partial charge on any atom is 0.230 e. The number of thioether (sulfide) groups is 1. The average Bonchev–Trinajstić information content (AvgIpc) is 3.04. The predicted octanol–water partition coefficient (Wildman–Crippen LogP) is 3.37. The molecule has 1 heterocycles. The number of fused-ring (bicyclic) bond motifs is 2. The number of nitrogens with one attached hydrogen (secondary N) is 1. The lowest BCUT2D eigenvalue weighted by atomic mass is 9.84. The van der Waals surface area contributed by atoms with E-state index in [2.05, 4.69) is 33.6 Å². The highest BCUT2D eigenvalue weighted by Gasteiger charge is 2.42. The fourth-order valence-electron chi connectivity index (χ4n) is 4.79. The molecule has 1 N–H and O–H groups in total. The number of carbonyl (C=O) groups excluding carboxylic acids is 1. The number of amides is 1. The first-order valence-electron chi connectivity index (χ1n) is 9.61. The molecule has 3 aliphatic rings. The number of allylic oxidation sites excluding steroid dienone is 1. The first kappa shape index (κ1) is 17.1. The van der Waals surface area contributed by atoms with Gasteiger partial charge in [0.05, 0.1) is 5.75 Å². The van der Waals surface area contributed by atoms with E-state index in [1.807, 2.05) is 6.08 Å². The Hall–Kier alpha value is -1.30. The molecule has 3 fully saturated rings. The molecule has 3 saturated carbocycles. The van der Waals surface area contributed by atoms with Crippen LogP contribution in [0.5, 0.6) is 0 Å². The van der Waals surface area contributed by atoms with Gasteiger partial charge in [-0.3, -0.25) is 4.79 Å². The van der Waals surface area contributed by atoms with Gasteiger partial charge in [0, 0.05) is 18.5 Å². The van der Waals surface area contributed by atoms with Gasteiger partial charge >= 0.3 is 0 Å². The highest BCUT2D eigenvalue weighted by atomic mass is 32.2. The Bertz CT molecular complexity index is 654. The van der Waals surface area contributed by atoms with Crippen LogP contribution in [-0.2, 0) is 11.3 Å². The molecule has 0 saturated heterocycles. The van der Waals surface area contributed by atoms with Crippen molar-refractivity contribution in [2.24, 2.45) is 17.8 Å². The number of rotatable bonds is 8. The van der Waals surface area contributed by atoms with Crippen LogP contribution in [0.2, 0.25) is 0 Å². The molecule has 6 heteroatoms. The van der Waals surface area contributed by atoms with Crippen molar-refractivity contribution in [1.29, 1.82) is 0 Å². The van der Waals surface area contributed by atoms with E-state index in [-0.39, 0.29) is 11.9 Å². The molecule has 25 heavy (non-hydrogen) atoms. The van der Waals surface area contributed by atoms with Crippen LogP contribution in [-0.4, -0.2) is 32.5 Å². The highest BCUT2D eigenvalue weighted by Crippen LogP contribution is 2.49. The Kier molecular flexibility index (Phi) is 4.89. The van der Waals surface area contributed by atoms with E-state index in [1.165, 1.54) is 50.3 Å². The van der Waals surface area contributed by atoms with Crippen LogP contribution < -0.4 is 5.32 Å².